The molecule has 1 aliphatic carbocycles. The summed E-state index contributed by atoms with van der Waals surface area (Å²) >= 11 is 12.8. The molecule has 4 aromatic rings. The molecule has 252 valence electrons. The highest BCUT2D eigenvalue weighted by atomic mass is 35.5. The second-order valence-electron chi connectivity index (χ2n) is 12.0. The van der Waals surface area contributed by atoms with E-state index in [4.69, 9.17) is 27.9 Å². The molecule has 1 N–H and O–H groups in total. The molecular formula is C37H39Cl2N3O5S. The van der Waals surface area contributed by atoms with E-state index in [1.165, 1.54) is 24.1 Å². The predicted molar refractivity (Wildman–Crippen MR) is 190 cm³/mol. The van der Waals surface area contributed by atoms with Gasteiger partial charge in [0, 0.05) is 29.1 Å². The number of aryl methyl sites for hydroxylation is 1. The zero-order valence-electron chi connectivity index (χ0n) is 26.9. The summed E-state index contributed by atoms with van der Waals surface area (Å²) in [5.74, 6) is -0.375. The minimum Gasteiger partial charge on any atom is -0.497 e. The number of ether oxygens (including phenoxy) is 1. The van der Waals surface area contributed by atoms with Gasteiger partial charge in [-0.1, -0.05) is 90.1 Å². The number of carbonyl (C=O) groups excluding carboxylic acids is 2. The Hall–Kier alpha value is -4.05. The molecule has 1 unspecified atom stereocenters. The number of hydrogen-bond donors (Lipinski definition) is 1. The number of benzene rings is 4. The molecule has 11 heteroatoms. The van der Waals surface area contributed by atoms with Crippen molar-refractivity contribution in [1.29, 1.82) is 0 Å². The maximum Gasteiger partial charge on any atom is 0.264 e. The lowest BCUT2D eigenvalue weighted by Gasteiger charge is -2.34. The van der Waals surface area contributed by atoms with Gasteiger partial charge in [-0.2, -0.15) is 0 Å². The fraction of sp³-hybridized carbons (Fsp3) is 0.297. The summed E-state index contributed by atoms with van der Waals surface area (Å²) in [5.41, 5.74) is 2.66. The molecule has 2 amide bonds. The minimum absolute atomic E-state index is 0.00588. The number of rotatable bonds is 13. The molecule has 1 saturated carbocycles. The van der Waals surface area contributed by atoms with E-state index >= 15 is 0 Å². The number of nitrogens with zero attached hydrogens (tertiary/aromatic N) is 2. The van der Waals surface area contributed by atoms with Crippen molar-refractivity contribution in [2.75, 3.05) is 18.0 Å². The average Bonchev–Trinajstić information content (AvgIpc) is 3.60. The van der Waals surface area contributed by atoms with Gasteiger partial charge in [0.1, 0.15) is 18.3 Å². The van der Waals surface area contributed by atoms with Gasteiger partial charge in [-0.15, -0.1) is 0 Å². The van der Waals surface area contributed by atoms with Crippen molar-refractivity contribution in [2.45, 2.75) is 62.6 Å². The number of hydrogen-bond acceptors (Lipinski definition) is 5. The number of anilines is 1. The highest BCUT2D eigenvalue weighted by Gasteiger charge is 2.36. The Bertz CT molecular complexity index is 1810. The molecule has 1 atom stereocenters. The van der Waals surface area contributed by atoms with Crippen molar-refractivity contribution < 1.29 is 22.7 Å². The SMILES string of the molecule is COc1ccc(S(=O)(=O)N(CC(=O)N(Cc2ccc(Cl)cc2Cl)C(Cc2ccccc2)C(=O)NC2CCCC2)c2ccc(C)cc2)cc1. The van der Waals surface area contributed by atoms with Crippen molar-refractivity contribution in [3.8, 4) is 5.75 Å². The second-order valence-corrected chi connectivity index (χ2v) is 14.7. The summed E-state index contributed by atoms with van der Waals surface area (Å²) in [6.45, 7) is 1.28. The van der Waals surface area contributed by atoms with Gasteiger partial charge in [0.2, 0.25) is 11.8 Å². The number of nitrogens with one attached hydrogen (secondary N) is 1. The first-order valence-corrected chi connectivity index (χ1v) is 18.1. The van der Waals surface area contributed by atoms with Crippen molar-refractivity contribution in [3.63, 3.8) is 0 Å². The van der Waals surface area contributed by atoms with Crippen LogP contribution in [-0.2, 0) is 32.6 Å². The minimum atomic E-state index is -4.24. The molecule has 0 radical (unpaired) electrons. The largest absolute Gasteiger partial charge is 0.497 e. The Morgan fingerprint density at radius 2 is 1.58 bits per heavy atom. The monoisotopic (exact) mass is 707 g/mol. The third-order valence-electron chi connectivity index (χ3n) is 8.58. The van der Waals surface area contributed by atoms with E-state index in [1.807, 2.05) is 37.3 Å². The van der Waals surface area contributed by atoms with Gasteiger partial charge < -0.3 is 15.0 Å². The molecule has 0 heterocycles. The van der Waals surface area contributed by atoms with E-state index in [1.54, 1.807) is 54.6 Å². The highest BCUT2D eigenvalue weighted by molar-refractivity contribution is 7.92. The Morgan fingerprint density at radius 3 is 2.21 bits per heavy atom. The second kappa shape index (κ2) is 15.9. The summed E-state index contributed by atoms with van der Waals surface area (Å²) in [4.78, 5) is 30.3. The third kappa shape index (κ3) is 8.69. The van der Waals surface area contributed by atoms with E-state index in [-0.39, 0.29) is 29.8 Å². The standard InChI is InChI=1S/C37H39Cl2N3O5S/c1-26-12-16-31(17-13-26)42(48(45,46)33-20-18-32(47-2)19-21-33)25-36(43)41(24-28-14-15-29(38)23-34(28)39)35(22-27-8-4-3-5-9-27)37(44)40-30-10-6-7-11-30/h3-5,8-9,12-21,23,30,35H,6-7,10-11,22,24-25H2,1-2H3,(H,40,44). The first-order valence-electron chi connectivity index (χ1n) is 15.9. The zero-order chi connectivity index (χ0) is 34.3. The number of amides is 2. The normalized spacial score (nSPS) is 13.9. The number of carbonyl (C=O) groups is 2. The number of methoxy groups -OCH3 is 1. The fourth-order valence-electron chi connectivity index (χ4n) is 5.87. The molecule has 4 aromatic carbocycles. The predicted octanol–water partition coefficient (Wildman–Crippen LogP) is 7.20. The Labute approximate surface area is 292 Å². The lowest BCUT2D eigenvalue weighted by molar-refractivity contribution is -0.140. The van der Waals surface area contributed by atoms with Crippen LogP contribution < -0.4 is 14.4 Å². The topological polar surface area (TPSA) is 96.0 Å². The zero-order valence-corrected chi connectivity index (χ0v) is 29.3. The van der Waals surface area contributed by atoms with Crippen LogP contribution in [-0.4, -0.2) is 50.9 Å². The summed E-state index contributed by atoms with van der Waals surface area (Å²) in [5, 5.41) is 3.93. The summed E-state index contributed by atoms with van der Waals surface area (Å²) in [6, 6.07) is 26.4. The lowest BCUT2D eigenvalue weighted by atomic mass is 10.0. The molecule has 0 bridgehead atoms. The van der Waals surface area contributed by atoms with Gasteiger partial charge in [-0.25, -0.2) is 8.42 Å². The first kappa shape index (κ1) is 35.3. The van der Waals surface area contributed by atoms with E-state index in [0.29, 0.717) is 27.0 Å². The van der Waals surface area contributed by atoms with E-state index < -0.39 is 28.5 Å². The molecule has 0 aromatic heterocycles. The molecule has 0 aliphatic heterocycles. The Balaban J connectivity index is 1.58. The maximum atomic E-state index is 14.7. The molecule has 1 fully saturated rings. The van der Waals surface area contributed by atoms with Crippen LogP contribution in [0.4, 0.5) is 5.69 Å². The first-order chi connectivity index (χ1) is 23.0. The van der Waals surface area contributed by atoms with Crippen LogP contribution in [0, 0.1) is 6.92 Å². The smallest absolute Gasteiger partial charge is 0.264 e. The Kier molecular flexibility index (Phi) is 11.7. The van der Waals surface area contributed by atoms with Gasteiger partial charge in [0.15, 0.2) is 0 Å². The van der Waals surface area contributed by atoms with Gasteiger partial charge in [0.25, 0.3) is 10.0 Å². The average molecular weight is 709 g/mol. The van der Waals surface area contributed by atoms with Crippen molar-refractivity contribution >= 4 is 50.7 Å². The summed E-state index contributed by atoms with van der Waals surface area (Å²) in [7, 11) is -2.75. The quantitative estimate of drug-likeness (QED) is 0.159. The summed E-state index contributed by atoms with van der Waals surface area (Å²) < 4.78 is 34.8. The van der Waals surface area contributed by atoms with Crippen LogP contribution in [0.3, 0.4) is 0 Å². The van der Waals surface area contributed by atoms with Gasteiger partial charge >= 0.3 is 0 Å². The molecular weight excluding hydrogens is 669 g/mol. The van der Waals surface area contributed by atoms with Gasteiger partial charge in [-0.05, 0) is 79.4 Å². The molecule has 0 spiro atoms. The number of halogens is 2. The van der Waals surface area contributed by atoms with Crippen molar-refractivity contribution in [1.82, 2.24) is 10.2 Å². The maximum absolute atomic E-state index is 14.7. The molecule has 48 heavy (non-hydrogen) atoms. The van der Waals surface area contributed by atoms with Crippen molar-refractivity contribution in [2.24, 2.45) is 0 Å². The molecule has 1 aliphatic rings. The van der Waals surface area contributed by atoms with E-state index in [0.717, 1.165) is 41.1 Å². The third-order valence-corrected chi connectivity index (χ3v) is 11.0. The highest BCUT2D eigenvalue weighted by Crippen LogP contribution is 2.28. The fourth-order valence-corrected chi connectivity index (χ4v) is 7.75. The van der Waals surface area contributed by atoms with Crippen LogP contribution in [0.5, 0.6) is 5.75 Å². The van der Waals surface area contributed by atoms with Gasteiger partial charge in [0.05, 0.1) is 17.7 Å². The van der Waals surface area contributed by atoms with E-state index in [9.17, 15) is 18.0 Å². The van der Waals surface area contributed by atoms with Crippen LogP contribution in [0.25, 0.3) is 0 Å². The molecule has 5 rings (SSSR count). The van der Waals surface area contributed by atoms with Crippen LogP contribution in [0.2, 0.25) is 10.0 Å². The van der Waals surface area contributed by atoms with Crippen LogP contribution in [0.1, 0.15) is 42.4 Å². The number of sulfonamides is 1. The van der Waals surface area contributed by atoms with Gasteiger partial charge in [-0.3, -0.25) is 13.9 Å². The van der Waals surface area contributed by atoms with E-state index in [2.05, 4.69) is 5.32 Å². The molecule has 8 nitrogen and oxygen atoms in total. The van der Waals surface area contributed by atoms with Crippen LogP contribution >= 0.6 is 23.2 Å². The lowest BCUT2D eigenvalue weighted by Crippen LogP contribution is -2.54. The molecule has 0 saturated heterocycles. The van der Waals surface area contributed by atoms with Crippen molar-refractivity contribution in [3.05, 3.63) is 124 Å². The Morgan fingerprint density at radius 1 is 0.917 bits per heavy atom. The summed E-state index contributed by atoms with van der Waals surface area (Å²) in [6.07, 6.45) is 3.98. The van der Waals surface area contributed by atoms with Crippen LogP contribution in [0.15, 0.2) is 102 Å².